The highest BCUT2D eigenvalue weighted by Crippen LogP contribution is 2.28. The Bertz CT molecular complexity index is 799. The maximum atomic E-state index is 12.0. The summed E-state index contributed by atoms with van der Waals surface area (Å²) in [6.45, 7) is 3.21. The van der Waals surface area contributed by atoms with Gasteiger partial charge < -0.3 is 9.47 Å². The van der Waals surface area contributed by atoms with Gasteiger partial charge in [0, 0.05) is 5.02 Å². The predicted octanol–water partition coefficient (Wildman–Crippen LogP) is 3.30. The number of nitrogens with one attached hydrogen (secondary N) is 2. The molecule has 2 aromatic carbocycles. The number of hydrazine groups is 1. The Balaban J connectivity index is 1.77. The lowest BCUT2D eigenvalue weighted by molar-refractivity contribution is -0.133. The summed E-state index contributed by atoms with van der Waals surface area (Å²) in [5.41, 5.74) is 5.55. The van der Waals surface area contributed by atoms with Gasteiger partial charge in [-0.05, 0) is 49.7 Å². The van der Waals surface area contributed by atoms with E-state index >= 15 is 0 Å². The van der Waals surface area contributed by atoms with E-state index in [0.29, 0.717) is 16.5 Å². The van der Waals surface area contributed by atoms with Crippen LogP contribution in [-0.2, 0) is 9.59 Å². The predicted molar refractivity (Wildman–Crippen MR) is 99.5 cm³/mol. The molecule has 8 heteroatoms. The molecule has 0 saturated carbocycles. The van der Waals surface area contributed by atoms with Crippen molar-refractivity contribution in [3.8, 4) is 11.5 Å². The first kappa shape index (κ1) is 19.9. The van der Waals surface area contributed by atoms with Gasteiger partial charge in [0.1, 0.15) is 11.5 Å². The first-order valence-electron chi connectivity index (χ1n) is 7.75. The van der Waals surface area contributed by atoms with E-state index in [-0.39, 0.29) is 11.6 Å². The molecular weight excluding hydrogens is 379 g/mol. The molecule has 0 fully saturated rings. The molecule has 138 valence electrons. The summed E-state index contributed by atoms with van der Waals surface area (Å²) in [5.74, 6) is -0.162. The molecule has 2 amide bonds. The van der Waals surface area contributed by atoms with Crippen molar-refractivity contribution in [2.24, 2.45) is 0 Å². The average molecular weight is 397 g/mol. The molecule has 0 aliphatic carbocycles. The Kier molecular flexibility index (Phi) is 7.12. The summed E-state index contributed by atoms with van der Waals surface area (Å²) in [6, 6.07) is 11.9. The minimum Gasteiger partial charge on any atom is -0.484 e. The van der Waals surface area contributed by atoms with Crippen molar-refractivity contribution < 1.29 is 19.1 Å². The van der Waals surface area contributed by atoms with Crippen molar-refractivity contribution in [3.63, 3.8) is 0 Å². The van der Waals surface area contributed by atoms with Crippen LogP contribution in [0.5, 0.6) is 11.5 Å². The zero-order chi connectivity index (χ0) is 19.1. The second-order valence-electron chi connectivity index (χ2n) is 5.48. The van der Waals surface area contributed by atoms with Crippen LogP contribution in [0.15, 0.2) is 42.5 Å². The summed E-state index contributed by atoms with van der Waals surface area (Å²) in [6.07, 6.45) is -0.883. The van der Waals surface area contributed by atoms with Gasteiger partial charge in [-0.15, -0.1) is 0 Å². The van der Waals surface area contributed by atoms with Gasteiger partial charge in [-0.25, -0.2) is 0 Å². The number of benzene rings is 2. The lowest BCUT2D eigenvalue weighted by Gasteiger charge is -2.16. The maximum absolute atomic E-state index is 12.0. The van der Waals surface area contributed by atoms with Crippen LogP contribution < -0.4 is 20.3 Å². The number of carbonyl (C=O) groups excluding carboxylic acids is 2. The van der Waals surface area contributed by atoms with Gasteiger partial charge in [0.2, 0.25) is 0 Å². The maximum Gasteiger partial charge on any atom is 0.279 e. The van der Waals surface area contributed by atoms with Crippen molar-refractivity contribution in [2.75, 3.05) is 6.61 Å². The molecule has 1 atom stereocenters. The number of hydrogen-bond acceptors (Lipinski definition) is 4. The second-order valence-corrected chi connectivity index (χ2v) is 6.32. The molecule has 1 unspecified atom stereocenters. The molecule has 26 heavy (non-hydrogen) atoms. The SMILES string of the molecule is Cc1cccc(OCC(=O)NNC(=O)C(C)Oc2ccc(Cl)cc2Cl)c1. The van der Waals surface area contributed by atoms with Gasteiger partial charge in [0.15, 0.2) is 12.7 Å². The normalized spacial score (nSPS) is 11.4. The number of halogens is 2. The summed E-state index contributed by atoms with van der Waals surface area (Å²) >= 11 is 11.8. The van der Waals surface area contributed by atoms with Crippen molar-refractivity contribution in [1.29, 1.82) is 0 Å². The summed E-state index contributed by atoms with van der Waals surface area (Å²) < 4.78 is 10.8. The Labute approximate surface area is 161 Å². The van der Waals surface area contributed by atoms with E-state index < -0.39 is 17.9 Å². The fraction of sp³-hybridized carbons (Fsp3) is 0.222. The number of hydrogen-bond donors (Lipinski definition) is 2. The highest BCUT2D eigenvalue weighted by atomic mass is 35.5. The van der Waals surface area contributed by atoms with Gasteiger partial charge in [-0.3, -0.25) is 20.4 Å². The molecule has 0 spiro atoms. The topological polar surface area (TPSA) is 76.7 Å². The zero-order valence-electron chi connectivity index (χ0n) is 14.2. The summed E-state index contributed by atoms with van der Waals surface area (Å²) in [5, 5.41) is 0.744. The molecule has 2 rings (SSSR count). The molecule has 0 radical (unpaired) electrons. The van der Waals surface area contributed by atoms with Crippen molar-refractivity contribution >= 4 is 35.0 Å². The monoisotopic (exact) mass is 396 g/mol. The zero-order valence-corrected chi connectivity index (χ0v) is 15.7. The molecule has 6 nitrogen and oxygen atoms in total. The third kappa shape index (κ3) is 6.13. The van der Waals surface area contributed by atoms with Crippen molar-refractivity contribution in [3.05, 3.63) is 58.1 Å². The lowest BCUT2D eigenvalue weighted by atomic mass is 10.2. The van der Waals surface area contributed by atoms with Crippen LogP contribution in [0.1, 0.15) is 12.5 Å². The van der Waals surface area contributed by atoms with Crippen molar-refractivity contribution in [1.82, 2.24) is 10.9 Å². The molecule has 0 heterocycles. The third-order valence-corrected chi connectivity index (χ3v) is 3.78. The quantitative estimate of drug-likeness (QED) is 0.734. The molecule has 0 saturated heterocycles. The van der Waals surface area contributed by atoms with Crippen LogP contribution in [0.4, 0.5) is 0 Å². The Morgan fingerprint density at radius 1 is 1.12 bits per heavy atom. The van der Waals surface area contributed by atoms with Crippen LogP contribution in [0.25, 0.3) is 0 Å². The van der Waals surface area contributed by atoms with E-state index in [4.69, 9.17) is 32.7 Å². The van der Waals surface area contributed by atoms with Crippen LogP contribution in [0, 0.1) is 6.92 Å². The molecule has 0 aromatic heterocycles. The first-order valence-corrected chi connectivity index (χ1v) is 8.50. The summed E-state index contributed by atoms with van der Waals surface area (Å²) in [4.78, 5) is 23.7. The van der Waals surface area contributed by atoms with Crippen molar-refractivity contribution in [2.45, 2.75) is 20.0 Å². The Hall–Kier alpha value is -2.44. The van der Waals surface area contributed by atoms with Gasteiger partial charge >= 0.3 is 0 Å². The Morgan fingerprint density at radius 2 is 1.88 bits per heavy atom. The molecule has 0 aliphatic heterocycles. The van der Waals surface area contributed by atoms with E-state index in [1.807, 2.05) is 19.1 Å². The number of rotatable bonds is 6. The summed E-state index contributed by atoms with van der Waals surface area (Å²) in [7, 11) is 0. The van der Waals surface area contributed by atoms with E-state index in [2.05, 4.69) is 10.9 Å². The van der Waals surface area contributed by atoms with E-state index in [1.54, 1.807) is 24.3 Å². The second kappa shape index (κ2) is 9.31. The van der Waals surface area contributed by atoms with E-state index in [1.165, 1.54) is 13.0 Å². The molecule has 2 N–H and O–H groups in total. The van der Waals surface area contributed by atoms with Crippen LogP contribution >= 0.6 is 23.2 Å². The smallest absolute Gasteiger partial charge is 0.279 e. The number of aryl methyl sites for hydroxylation is 1. The highest BCUT2D eigenvalue weighted by Gasteiger charge is 2.17. The lowest BCUT2D eigenvalue weighted by Crippen LogP contribution is -2.48. The minimum atomic E-state index is -0.883. The Morgan fingerprint density at radius 3 is 2.58 bits per heavy atom. The van der Waals surface area contributed by atoms with E-state index in [9.17, 15) is 9.59 Å². The average Bonchev–Trinajstić information content (AvgIpc) is 2.60. The molecular formula is C18H18Cl2N2O4. The van der Waals surface area contributed by atoms with E-state index in [0.717, 1.165) is 5.56 Å². The van der Waals surface area contributed by atoms with Gasteiger partial charge in [0.05, 0.1) is 5.02 Å². The highest BCUT2D eigenvalue weighted by molar-refractivity contribution is 6.35. The first-order chi connectivity index (χ1) is 12.3. The van der Waals surface area contributed by atoms with Crippen LogP contribution in [0.2, 0.25) is 10.0 Å². The standard InChI is InChI=1S/C18H18Cl2N2O4/c1-11-4-3-5-14(8-11)25-10-17(23)21-22-18(24)12(2)26-16-7-6-13(19)9-15(16)20/h3-9,12H,10H2,1-2H3,(H,21,23)(H,22,24). The largest absolute Gasteiger partial charge is 0.484 e. The minimum absolute atomic E-state index is 0.234. The van der Waals surface area contributed by atoms with Crippen LogP contribution in [-0.4, -0.2) is 24.5 Å². The number of carbonyl (C=O) groups is 2. The van der Waals surface area contributed by atoms with Gasteiger partial charge in [0.25, 0.3) is 11.8 Å². The fourth-order valence-electron chi connectivity index (χ4n) is 1.94. The number of amides is 2. The van der Waals surface area contributed by atoms with Gasteiger partial charge in [-0.1, -0.05) is 35.3 Å². The molecule has 0 aliphatic rings. The fourth-order valence-corrected chi connectivity index (χ4v) is 2.39. The van der Waals surface area contributed by atoms with Crippen LogP contribution in [0.3, 0.4) is 0 Å². The molecule has 2 aromatic rings. The third-order valence-electron chi connectivity index (χ3n) is 3.25. The number of ether oxygens (including phenoxy) is 2. The molecule has 0 bridgehead atoms. The van der Waals surface area contributed by atoms with Gasteiger partial charge in [-0.2, -0.15) is 0 Å².